The van der Waals surface area contributed by atoms with E-state index in [2.05, 4.69) is 10.8 Å². The van der Waals surface area contributed by atoms with Gasteiger partial charge >= 0.3 is 0 Å². The molecule has 0 saturated heterocycles. The monoisotopic (exact) mass is 340 g/mol. The average Bonchev–Trinajstić information content (AvgIpc) is 3.38. The number of rotatable bonds is 0. The zero-order valence-electron chi connectivity index (χ0n) is 13.7. The molecule has 2 atom stereocenters. The fourth-order valence-electron chi connectivity index (χ4n) is 3.60. The van der Waals surface area contributed by atoms with Crippen LogP contribution in [0.25, 0.3) is 0 Å². The predicted molar refractivity (Wildman–Crippen MR) is 90.1 cm³/mol. The third kappa shape index (κ3) is 3.48. The Labute approximate surface area is 139 Å². The van der Waals surface area contributed by atoms with Gasteiger partial charge in [-0.05, 0) is 38.5 Å². The van der Waals surface area contributed by atoms with E-state index in [4.69, 9.17) is 5.73 Å². The number of carbonyl (C=O) groups is 1. The summed E-state index contributed by atoms with van der Waals surface area (Å²) in [6.07, 6.45) is 14.4. The third-order valence-electron chi connectivity index (χ3n) is 5.71. The van der Waals surface area contributed by atoms with Crippen molar-refractivity contribution in [3.05, 3.63) is 12.2 Å². The minimum absolute atomic E-state index is 0.0271. The molecule has 130 valence electrons. The second-order valence-corrected chi connectivity index (χ2v) is 9.63. The Morgan fingerprint density at radius 3 is 2.39 bits per heavy atom. The Morgan fingerprint density at radius 2 is 1.70 bits per heavy atom. The summed E-state index contributed by atoms with van der Waals surface area (Å²) in [5.41, 5.74) is 5.07. The van der Waals surface area contributed by atoms with Crippen LogP contribution in [0.3, 0.4) is 0 Å². The lowest BCUT2D eigenvalue weighted by molar-refractivity contribution is -0.121. The molecule has 1 aliphatic heterocycles. The predicted octanol–water partition coefficient (Wildman–Crippen LogP) is 2.37. The third-order valence-corrected chi connectivity index (χ3v) is 7.91. The number of nitrogens with two attached hydrogens (primary N) is 1. The Balaban J connectivity index is 1.71. The molecule has 0 radical (unpaired) electrons. The van der Waals surface area contributed by atoms with E-state index in [9.17, 15) is 13.2 Å². The maximum Gasteiger partial charge on any atom is 0.254 e. The first-order chi connectivity index (χ1) is 10.9. The van der Waals surface area contributed by atoms with E-state index in [0.717, 1.165) is 19.3 Å². The van der Waals surface area contributed by atoms with Gasteiger partial charge in [0.05, 0.1) is 4.75 Å². The number of carbonyl (C=O) groups excluding carboxylic acids is 1. The van der Waals surface area contributed by atoms with E-state index in [1.807, 2.05) is 6.08 Å². The SMILES string of the molecule is N[C@]12C[C@H]1/C=C\CCCCCCCCC1(CC1)S(=O)(=O)NC2=O. The van der Waals surface area contributed by atoms with Gasteiger partial charge in [0.2, 0.25) is 10.0 Å². The summed E-state index contributed by atoms with van der Waals surface area (Å²) in [7, 11) is -3.61. The van der Waals surface area contributed by atoms with Crippen molar-refractivity contribution in [2.24, 2.45) is 11.7 Å². The topological polar surface area (TPSA) is 89.3 Å². The molecule has 0 bridgehead atoms. The van der Waals surface area contributed by atoms with Crippen molar-refractivity contribution in [3.8, 4) is 0 Å². The zero-order chi connectivity index (χ0) is 16.6. The molecule has 0 aromatic heterocycles. The summed E-state index contributed by atoms with van der Waals surface area (Å²) in [5.74, 6) is -0.550. The van der Waals surface area contributed by atoms with Gasteiger partial charge in [-0.2, -0.15) is 0 Å². The molecule has 0 aromatic carbocycles. The quantitative estimate of drug-likeness (QED) is 0.663. The fraction of sp³-hybridized carbons (Fsp3) is 0.824. The van der Waals surface area contributed by atoms with E-state index >= 15 is 0 Å². The van der Waals surface area contributed by atoms with Crippen LogP contribution in [0.4, 0.5) is 0 Å². The molecule has 23 heavy (non-hydrogen) atoms. The fourth-order valence-corrected chi connectivity index (χ4v) is 5.30. The van der Waals surface area contributed by atoms with E-state index in [1.165, 1.54) is 25.7 Å². The number of nitrogens with one attached hydrogen (secondary N) is 1. The van der Waals surface area contributed by atoms with Crippen molar-refractivity contribution < 1.29 is 13.2 Å². The first-order valence-electron chi connectivity index (χ1n) is 8.92. The van der Waals surface area contributed by atoms with Gasteiger partial charge in [0.25, 0.3) is 5.91 Å². The summed E-state index contributed by atoms with van der Waals surface area (Å²) >= 11 is 0. The first-order valence-corrected chi connectivity index (χ1v) is 10.4. The van der Waals surface area contributed by atoms with Gasteiger partial charge < -0.3 is 5.73 Å². The average molecular weight is 340 g/mol. The molecule has 6 heteroatoms. The highest BCUT2D eigenvalue weighted by molar-refractivity contribution is 7.91. The summed E-state index contributed by atoms with van der Waals surface area (Å²) in [4.78, 5) is 12.4. The van der Waals surface area contributed by atoms with E-state index < -0.39 is 26.2 Å². The number of hydrogen-bond donors (Lipinski definition) is 2. The van der Waals surface area contributed by atoms with Crippen molar-refractivity contribution in [2.45, 2.75) is 80.9 Å². The highest BCUT2D eigenvalue weighted by atomic mass is 32.2. The molecule has 3 aliphatic rings. The van der Waals surface area contributed by atoms with Gasteiger partial charge in [0.15, 0.2) is 0 Å². The number of hydrogen-bond acceptors (Lipinski definition) is 4. The molecule has 1 amide bonds. The van der Waals surface area contributed by atoms with E-state index in [0.29, 0.717) is 25.7 Å². The summed E-state index contributed by atoms with van der Waals surface area (Å²) < 4.78 is 26.8. The zero-order valence-corrected chi connectivity index (χ0v) is 14.5. The first kappa shape index (κ1) is 17.0. The largest absolute Gasteiger partial charge is 0.317 e. The van der Waals surface area contributed by atoms with Crippen LogP contribution in [0.2, 0.25) is 0 Å². The van der Waals surface area contributed by atoms with Crippen LogP contribution in [-0.2, 0) is 14.8 Å². The van der Waals surface area contributed by atoms with Gasteiger partial charge in [-0.3, -0.25) is 9.52 Å². The minimum atomic E-state index is -3.61. The molecule has 1 spiro atoms. The van der Waals surface area contributed by atoms with E-state index in [-0.39, 0.29) is 5.92 Å². The maximum absolute atomic E-state index is 12.6. The lowest BCUT2D eigenvalue weighted by Crippen LogP contribution is -2.49. The van der Waals surface area contributed by atoms with Crippen LogP contribution in [0.15, 0.2) is 12.2 Å². The molecule has 1 heterocycles. The summed E-state index contributed by atoms with van der Waals surface area (Å²) in [6.45, 7) is 0. The van der Waals surface area contributed by atoms with Crippen LogP contribution in [0.1, 0.15) is 70.6 Å². The molecular formula is C17H28N2O3S. The maximum atomic E-state index is 12.6. The molecule has 0 aromatic rings. The van der Waals surface area contributed by atoms with Crippen molar-refractivity contribution in [2.75, 3.05) is 0 Å². The smallest absolute Gasteiger partial charge is 0.254 e. The Hall–Kier alpha value is -0.880. The van der Waals surface area contributed by atoms with E-state index in [1.54, 1.807) is 0 Å². The Bertz CT molecular complexity index is 595. The molecule has 3 rings (SSSR count). The normalized spacial score (nSPS) is 38.3. The summed E-state index contributed by atoms with van der Waals surface area (Å²) in [6, 6.07) is 0. The molecule has 3 N–H and O–H groups in total. The lowest BCUT2D eigenvalue weighted by Gasteiger charge is -2.19. The highest BCUT2D eigenvalue weighted by Crippen LogP contribution is 2.48. The van der Waals surface area contributed by atoms with Gasteiger partial charge in [0.1, 0.15) is 5.54 Å². The van der Waals surface area contributed by atoms with Crippen LogP contribution < -0.4 is 10.5 Å². The van der Waals surface area contributed by atoms with Gasteiger partial charge in [-0.15, -0.1) is 0 Å². The number of fused-ring (bicyclic) bond motifs is 1. The second-order valence-electron chi connectivity index (χ2n) is 7.56. The van der Waals surface area contributed by atoms with Crippen LogP contribution >= 0.6 is 0 Å². The number of allylic oxidation sites excluding steroid dienone is 1. The second kappa shape index (κ2) is 6.20. The van der Waals surface area contributed by atoms with Crippen LogP contribution in [0.5, 0.6) is 0 Å². The highest BCUT2D eigenvalue weighted by Gasteiger charge is 2.60. The van der Waals surface area contributed by atoms with Crippen molar-refractivity contribution >= 4 is 15.9 Å². The van der Waals surface area contributed by atoms with Crippen LogP contribution in [-0.4, -0.2) is 24.6 Å². The Kier molecular flexibility index (Phi) is 4.58. The van der Waals surface area contributed by atoms with Crippen molar-refractivity contribution in [1.82, 2.24) is 4.72 Å². The molecule has 0 unspecified atom stereocenters. The molecule has 2 fully saturated rings. The summed E-state index contributed by atoms with van der Waals surface area (Å²) in [5, 5.41) is 0. The molecule has 5 nitrogen and oxygen atoms in total. The number of sulfonamides is 1. The number of amides is 1. The van der Waals surface area contributed by atoms with Gasteiger partial charge in [-0.1, -0.05) is 44.3 Å². The van der Waals surface area contributed by atoms with Crippen molar-refractivity contribution in [3.63, 3.8) is 0 Å². The van der Waals surface area contributed by atoms with Crippen molar-refractivity contribution in [1.29, 1.82) is 0 Å². The molecular weight excluding hydrogens is 312 g/mol. The molecule has 2 saturated carbocycles. The standard InChI is InChI=1S/C17H28N2O3S/c18-17-13-14(17)9-7-5-3-1-2-4-6-8-10-16(11-12-16)23(21,22)19-15(17)20/h7,9,14H,1-6,8,10-13,18H2,(H,19,20)/b9-7-/t14-,17-/m1/s1. The van der Waals surface area contributed by atoms with Gasteiger partial charge in [0, 0.05) is 5.92 Å². The molecule has 2 aliphatic carbocycles. The Morgan fingerprint density at radius 1 is 1.04 bits per heavy atom. The lowest BCUT2D eigenvalue weighted by atomic mass is 10.1. The van der Waals surface area contributed by atoms with Gasteiger partial charge in [-0.25, -0.2) is 8.42 Å². The minimum Gasteiger partial charge on any atom is -0.317 e. The van der Waals surface area contributed by atoms with Crippen LogP contribution in [0, 0.1) is 5.92 Å².